The fourth-order valence-electron chi connectivity index (χ4n) is 4.55. The van der Waals surface area contributed by atoms with Gasteiger partial charge in [0.2, 0.25) is 0 Å². The van der Waals surface area contributed by atoms with Crippen LogP contribution in [0.3, 0.4) is 0 Å². The molecule has 35 heavy (non-hydrogen) atoms. The largest absolute Gasteiger partial charge is 0.486 e. The molecule has 1 aromatic carbocycles. The van der Waals surface area contributed by atoms with Gasteiger partial charge in [0.1, 0.15) is 23.2 Å². The zero-order chi connectivity index (χ0) is 24.7. The van der Waals surface area contributed by atoms with Crippen molar-refractivity contribution in [3.63, 3.8) is 0 Å². The molecule has 5 rings (SSSR count). The first-order chi connectivity index (χ1) is 16.7. The number of halogens is 2. The highest BCUT2D eigenvalue weighted by Crippen LogP contribution is 2.35. The first kappa shape index (κ1) is 23.7. The van der Waals surface area contributed by atoms with Gasteiger partial charge in [-0.05, 0) is 50.6 Å². The lowest BCUT2D eigenvalue weighted by molar-refractivity contribution is 0.135. The Labute approximate surface area is 212 Å². The average Bonchev–Trinajstić information content (AvgIpc) is 3.20. The minimum atomic E-state index is -0.431. The maximum Gasteiger partial charge on any atom is 0.151 e. The fraction of sp³-hybridized carbons (Fsp3) is 0.333. The van der Waals surface area contributed by atoms with Crippen molar-refractivity contribution in [3.05, 3.63) is 58.3 Å². The Hall–Kier alpha value is -2.98. The number of nitrogens with two attached hydrogens (primary N) is 1. The van der Waals surface area contributed by atoms with E-state index in [1.807, 2.05) is 42.2 Å². The maximum atomic E-state index is 9.63. The van der Waals surface area contributed by atoms with E-state index in [2.05, 4.69) is 25.4 Å². The highest BCUT2D eigenvalue weighted by molar-refractivity contribution is 6.35. The van der Waals surface area contributed by atoms with Crippen LogP contribution in [-0.2, 0) is 0 Å². The molecule has 1 saturated heterocycles. The van der Waals surface area contributed by atoms with Gasteiger partial charge in [-0.15, -0.1) is 10.2 Å². The highest BCUT2D eigenvalue weighted by Gasteiger charge is 2.41. The number of nitrogens with one attached hydrogen (secondary N) is 1. The summed E-state index contributed by atoms with van der Waals surface area (Å²) < 4.78 is 6.14. The number of benzene rings is 1. The normalized spacial score (nSPS) is 16.7. The number of hydrogen-bond donors (Lipinski definition) is 3. The first-order valence-electron chi connectivity index (χ1n) is 11.2. The number of rotatable bonds is 7. The summed E-state index contributed by atoms with van der Waals surface area (Å²) in [4.78, 5) is 6.04. The van der Waals surface area contributed by atoms with Crippen LogP contribution < -0.4 is 15.4 Å². The summed E-state index contributed by atoms with van der Waals surface area (Å²) in [6, 6.07) is 9.44. The maximum absolute atomic E-state index is 9.63. The number of H-pyrrole nitrogens is 1. The van der Waals surface area contributed by atoms with Gasteiger partial charge in [0.15, 0.2) is 5.82 Å². The molecule has 0 saturated carbocycles. The molecule has 0 spiro atoms. The van der Waals surface area contributed by atoms with Crippen LogP contribution in [0.15, 0.2) is 42.7 Å². The van der Waals surface area contributed by atoms with Crippen LogP contribution >= 0.6 is 23.2 Å². The molecule has 182 valence electrons. The number of fused-ring (bicyclic) bond motifs is 1. The Morgan fingerprint density at radius 3 is 2.54 bits per heavy atom. The van der Waals surface area contributed by atoms with Gasteiger partial charge in [-0.1, -0.05) is 23.2 Å². The molecule has 1 aliphatic rings. The van der Waals surface area contributed by atoms with Gasteiger partial charge in [-0.2, -0.15) is 5.10 Å². The van der Waals surface area contributed by atoms with Gasteiger partial charge >= 0.3 is 0 Å². The van der Waals surface area contributed by atoms with Crippen LogP contribution in [0.25, 0.3) is 22.3 Å². The van der Waals surface area contributed by atoms with Crippen LogP contribution in [0.4, 0.5) is 5.82 Å². The van der Waals surface area contributed by atoms with Crippen molar-refractivity contribution < 1.29 is 9.84 Å². The second-order valence-corrected chi connectivity index (χ2v) is 9.92. The number of pyridine rings is 1. The Balaban J connectivity index is 1.35. The van der Waals surface area contributed by atoms with E-state index in [9.17, 15) is 5.11 Å². The zero-order valence-corrected chi connectivity index (χ0v) is 20.8. The van der Waals surface area contributed by atoms with Crippen molar-refractivity contribution in [2.45, 2.75) is 38.0 Å². The van der Waals surface area contributed by atoms with Crippen molar-refractivity contribution in [2.24, 2.45) is 5.73 Å². The number of aromatic amines is 1. The summed E-state index contributed by atoms with van der Waals surface area (Å²) in [5, 5.41) is 27.6. The highest BCUT2D eigenvalue weighted by atomic mass is 35.5. The van der Waals surface area contributed by atoms with Crippen molar-refractivity contribution in [1.82, 2.24) is 25.4 Å². The summed E-state index contributed by atoms with van der Waals surface area (Å²) in [6.45, 7) is 4.88. The SMILES string of the molecule is C[C@H](O)CC1(N)CN(c2ccc(-c3n[nH]c4ccc(O[C@H](C)c5c(Cl)cncc5Cl)cc34)nn2)C1. The number of aromatic nitrogens is 5. The smallest absolute Gasteiger partial charge is 0.151 e. The first-order valence-corrected chi connectivity index (χ1v) is 12.0. The Kier molecular flexibility index (Phi) is 6.27. The van der Waals surface area contributed by atoms with E-state index in [-0.39, 0.29) is 6.10 Å². The average molecular weight is 514 g/mol. The lowest BCUT2D eigenvalue weighted by Crippen LogP contribution is -2.68. The molecule has 11 heteroatoms. The predicted molar refractivity (Wildman–Crippen MR) is 136 cm³/mol. The van der Waals surface area contributed by atoms with Gasteiger partial charge in [0.25, 0.3) is 0 Å². The minimum absolute atomic E-state index is 0.384. The lowest BCUT2D eigenvalue weighted by Gasteiger charge is -2.48. The molecule has 1 aliphatic heterocycles. The zero-order valence-electron chi connectivity index (χ0n) is 19.2. The molecule has 4 N–H and O–H groups in total. The molecular formula is C24H25Cl2N7O2. The van der Waals surface area contributed by atoms with Gasteiger partial charge in [0.05, 0.1) is 27.2 Å². The van der Waals surface area contributed by atoms with Crippen LogP contribution in [0.5, 0.6) is 5.75 Å². The third kappa shape index (κ3) is 4.77. The number of anilines is 1. The molecule has 0 radical (unpaired) electrons. The summed E-state index contributed by atoms with van der Waals surface area (Å²) >= 11 is 12.6. The molecule has 0 aliphatic carbocycles. The number of aliphatic hydroxyl groups excluding tert-OH is 1. The van der Waals surface area contributed by atoms with E-state index in [4.69, 9.17) is 33.7 Å². The van der Waals surface area contributed by atoms with Crippen molar-refractivity contribution in [3.8, 4) is 17.1 Å². The van der Waals surface area contributed by atoms with Crippen LogP contribution in [-0.4, -0.2) is 55.2 Å². The molecule has 0 unspecified atom stereocenters. The molecule has 0 bridgehead atoms. The molecule has 3 aromatic heterocycles. The fourth-order valence-corrected chi connectivity index (χ4v) is 5.22. The van der Waals surface area contributed by atoms with E-state index in [0.717, 1.165) is 16.7 Å². The number of aliphatic hydroxyl groups is 1. The summed E-state index contributed by atoms with van der Waals surface area (Å²) in [7, 11) is 0. The van der Waals surface area contributed by atoms with Gasteiger partial charge in [-0.3, -0.25) is 10.1 Å². The van der Waals surface area contributed by atoms with Crippen molar-refractivity contribution in [1.29, 1.82) is 0 Å². The van der Waals surface area contributed by atoms with E-state index in [1.165, 1.54) is 0 Å². The predicted octanol–water partition coefficient (Wildman–Crippen LogP) is 4.15. The Morgan fingerprint density at radius 2 is 1.89 bits per heavy atom. The van der Waals surface area contributed by atoms with Crippen LogP contribution in [0, 0.1) is 0 Å². The van der Waals surface area contributed by atoms with E-state index in [0.29, 0.717) is 52.3 Å². The standard InChI is InChI=1S/C24H25Cl2N7O2/c1-13(34)8-24(27)11-33(12-24)21-6-5-20(30-31-21)23-16-7-15(3-4-19(16)29-32-23)35-14(2)22-17(25)9-28-10-18(22)26/h3-7,9-10,13-14,34H,8,11-12,27H2,1-2H3,(H,29,32)/t13-,14+/m0/s1. The summed E-state index contributed by atoms with van der Waals surface area (Å²) in [5.41, 5.74) is 8.74. The molecule has 4 aromatic rings. The van der Waals surface area contributed by atoms with Crippen molar-refractivity contribution in [2.75, 3.05) is 18.0 Å². The Bertz CT molecular complexity index is 1330. The molecule has 0 amide bonds. The summed E-state index contributed by atoms with van der Waals surface area (Å²) in [5.74, 6) is 1.38. The van der Waals surface area contributed by atoms with E-state index >= 15 is 0 Å². The quantitative estimate of drug-likeness (QED) is 0.336. The van der Waals surface area contributed by atoms with Crippen LogP contribution in [0.2, 0.25) is 10.0 Å². The van der Waals surface area contributed by atoms with E-state index < -0.39 is 11.6 Å². The Morgan fingerprint density at radius 1 is 1.14 bits per heavy atom. The monoisotopic (exact) mass is 513 g/mol. The van der Waals surface area contributed by atoms with Gasteiger partial charge in [-0.25, -0.2) is 0 Å². The lowest BCUT2D eigenvalue weighted by atomic mass is 9.85. The molecule has 9 nitrogen and oxygen atoms in total. The summed E-state index contributed by atoms with van der Waals surface area (Å²) in [6.07, 6.45) is 2.83. The second kappa shape index (κ2) is 9.23. The van der Waals surface area contributed by atoms with Gasteiger partial charge < -0.3 is 20.5 Å². The molecule has 2 atom stereocenters. The second-order valence-electron chi connectivity index (χ2n) is 9.10. The van der Waals surface area contributed by atoms with Crippen LogP contribution in [0.1, 0.15) is 31.9 Å². The molecular weight excluding hydrogens is 489 g/mol. The van der Waals surface area contributed by atoms with Crippen molar-refractivity contribution >= 4 is 39.9 Å². The molecule has 4 heterocycles. The number of ether oxygens (including phenoxy) is 1. The van der Waals surface area contributed by atoms with Gasteiger partial charge in [0, 0.05) is 36.4 Å². The topological polar surface area (TPSA) is 126 Å². The minimum Gasteiger partial charge on any atom is -0.486 e. The third-order valence-corrected chi connectivity index (χ3v) is 6.68. The number of nitrogens with zero attached hydrogens (tertiary/aromatic N) is 5. The third-order valence-electron chi connectivity index (χ3n) is 6.07. The molecule has 1 fully saturated rings. The number of hydrogen-bond acceptors (Lipinski definition) is 8. The van der Waals surface area contributed by atoms with E-state index in [1.54, 1.807) is 19.3 Å².